The van der Waals surface area contributed by atoms with Gasteiger partial charge in [0.15, 0.2) is 0 Å². The van der Waals surface area contributed by atoms with Crippen molar-refractivity contribution in [3.8, 4) is 0 Å². The lowest BCUT2D eigenvalue weighted by atomic mass is 9.76. The maximum Gasteiger partial charge on any atom is 0.306 e. The SMILES string of the molecule is Cc1ccc([C@@H](C)Nc2nc(N3CC([C@H]4CCCN(C5CC(C(=O)O)C5)C4)C3)nc3sccc23)c(Cl)c1. The Morgan fingerprint density at radius 3 is 2.76 bits per heavy atom. The predicted octanol–water partition coefficient (Wildman–Crippen LogP) is 5.84. The Kier molecular flexibility index (Phi) is 6.75. The molecular weight excluding hydrogens is 506 g/mol. The fourth-order valence-electron chi connectivity index (χ4n) is 6.18. The van der Waals surface area contributed by atoms with Crippen molar-refractivity contribution in [3.63, 3.8) is 0 Å². The number of nitrogens with zero attached hydrogens (tertiary/aromatic N) is 4. The standard InChI is InChI=1S/C28H34ClN5O2S/c1-16-5-6-22(24(29)10-16)17(2)30-25-23-7-9-37-26(23)32-28(31-25)34-14-20(15-34)18-4-3-8-33(13-18)21-11-19(12-21)27(35)36/h5-7,9-10,17-21H,3-4,8,11-15H2,1-2H3,(H,35,36)(H,30,31,32)/t17-,18+,19?,21?/m1/s1. The molecule has 6 rings (SSSR count). The molecule has 3 fully saturated rings. The number of carbonyl (C=O) groups is 1. The lowest BCUT2D eigenvalue weighted by molar-refractivity contribution is -0.147. The molecule has 1 saturated carbocycles. The summed E-state index contributed by atoms with van der Waals surface area (Å²) in [7, 11) is 0. The van der Waals surface area contributed by atoms with Crippen LogP contribution in [0.5, 0.6) is 0 Å². The summed E-state index contributed by atoms with van der Waals surface area (Å²) < 4.78 is 0. The number of piperidine rings is 1. The lowest BCUT2D eigenvalue weighted by Gasteiger charge is -2.50. The molecule has 9 heteroatoms. The average Bonchev–Trinajstić information content (AvgIpc) is 3.26. The summed E-state index contributed by atoms with van der Waals surface area (Å²) in [5.74, 6) is 2.19. The minimum absolute atomic E-state index is 0.0172. The number of aliphatic carboxylic acids is 1. The maximum absolute atomic E-state index is 11.2. The number of aromatic nitrogens is 2. The van der Waals surface area contributed by atoms with Crippen LogP contribution >= 0.6 is 22.9 Å². The number of hydrogen-bond donors (Lipinski definition) is 2. The van der Waals surface area contributed by atoms with Crippen LogP contribution in [0.3, 0.4) is 0 Å². The topological polar surface area (TPSA) is 81.6 Å². The molecule has 2 atom stereocenters. The fraction of sp³-hybridized carbons (Fsp3) is 0.536. The lowest BCUT2D eigenvalue weighted by Crippen LogP contribution is -2.56. The molecule has 2 aromatic heterocycles. The number of aryl methyl sites for hydroxylation is 1. The van der Waals surface area contributed by atoms with E-state index >= 15 is 0 Å². The summed E-state index contributed by atoms with van der Waals surface area (Å²) in [5.41, 5.74) is 2.21. The highest BCUT2D eigenvalue weighted by Gasteiger charge is 2.42. The van der Waals surface area contributed by atoms with Crippen molar-refractivity contribution >= 4 is 50.9 Å². The highest BCUT2D eigenvalue weighted by Crippen LogP contribution is 2.39. The largest absolute Gasteiger partial charge is 0.481 e. The number of carboxylic acids is 1. The van der Waals surface area contributed by atoms with Crippen LogP contribution in [0, 0.1) is 24.7 Å². The molecule has 2 N–H and O–H groups in total. The number of thiophene rings is 1. The quantitative estimate of drug-likeness (QED) is 0.390. The van der Waals surface area contributed by atoms with Crippen molar-refractivity contribution in [3.05, 3.63) is 45.8 Å². The molecule has 37 heavy (non-hydrogen) atoms. The molecule has 7 nitrogen and oxygen atoms in total. The van der Waals surface area contributed by atoms with E-state index in [4.69, 9.17) is 21.6 Å². The number of likely N-dealkylation sites (tertiary alicyclic amines) is 1. The van der Waals surface area contributed by atoms with E-state index in [9.17, 15) is 9.90 Å². The number of halogens is 1. The summed E-state index contributed by atoms with van der Waals surface area (Å²) >= 11 is 8.19. The molecule has 3 aromatic rings. The van der Waals surface area contributed by atoms with Crippen LogP contribution in [0.15, 0.2) is 29.6 Å². The van der Waals surface area contributed by atoms with Crippen LogP contribution < -0.4 is 10.2 Å². The second-order valence-electron chi connectivity index (χ2n) is 11.1. The zero-order valence-electron chi connectivity index (χ0n) is 21.4. The predicted molar refractivity (Wildman–Crippen MR) is 150 cm³/mol. The Morgan fingerprint density at radius 1 is 1.19 bits per heavy atom. The van der Waals surface area contributed by atoms with Gasteiger partial charge in [0.05, 0.1) is 17.3 Å². The zero-order chi connectivity index (χ0) is 25.7. The maximum atomic E-state index is 11.2. The highest BCUT2D eigenvalue weighted by atomic mass is 35.5. The average molecular weight is 540 g/mol. The Labute approximate surface area is 226 Å². The van der Waals surface area contributed by atoms with Crippen molar-refractivity contribution in [2.45, 2.75) is 51.6 Å². The molecule has 3 aliphatic rings. The second-order valence-corrected chi connectivity index (χ2v) is 12.4. The van der Waals surface area contributed by atoms with Gasteiger partial charge in [-0.1, -0.05) is 23.7 Å². The van der Waals surface area contributed by atoms with E-state index < -0.39 is 5.97 Å². The normalized spacial score (nSPS) is 25.5. The van der Waals surface area contributed by atoms with Crippen LogP contribution in [0.25, 0.3) is 10.2 Å². The monoisotopic (exact) mass is 539 g/mol. The molecular formula is C28H34ClN5O2S. The number of benzene rings is 1. The van der Waals surface area contributed by atoms with Crippen molar-refractivity contribution in [1.82, 2.24) is 14.9 Å². The van der Waals surface area contributed by atoms with Gasteiger partial charge in [-0.05, 0) is 86.6 Å². The Balaban J connectivity index is 1.12. The van der Waals surface area contributed by atoms with E-state index in [1.54, 1.807) is 11.3 Å². The minimum atomic E-state index is -0.632. The van der Waals surface area contributed by atoms with Crippen molar-refractivity contribution in [1.29, 1.82) is 0 Å². The number of anilines is 2. The van der Waals surface area contributed by atoms with E-state index in [0.717, 1.165) is 77.2 Å². The van der Waals surface area contributed by atoms with E-state index in [-0.39, 0.29) is 12.0 Å². The summed E-state index contributed by atoms with van der Waals surface area (Å²) in [6.07, 6.45) is 4.10. The van der Waals surface area contributed by atoms with Gasteiger partial charge >= 0.3 is 5.97 Å². The molecule has 2 saturated heterocycles. The molecule has 0 radical (unpaired) electrons. The third kappa shape index (κ3) is 4.91. The summed E-state index contributed by atoms with van der Waals surface area (Å²) in [6.45, 7) is 8.34. The first-order valence-electron chi connectivity index (χ1n) is 13.4. The fourth-order valence-corrected chi connectivity index (χ4v) is 7.34. The molecule has 0 bridgehead atoms. The first-order valence-corrected chi connectivity index (χ1v) is 14.6. The molecule has 196 valence electrons. The summed E-state index contributed by atoms with van der Waals surface area (Å²) in [4.78, 5) is 27.0. The van der Waals surface area contributed by atoms with Gasteiger partial charge in [0.2, 0.25) is 5.95 Å². The minimum Gasteiger partial charge on any atom is -0.481 e. The van der Waals surface area contributed by atoms with Crippen LogP contribution in [-0.2, 0) is 4.79 Å². The second kappa shape index (κ2) is 10.0. The highest BCUT2D eigenvalue weighted by molar-refractivity contribution is 7.16. The number of fused-ring (bicyclic) bond motifs is 1. The molecule has 0 unspecified atom stereocenters. The zero-order valence-corrected chi connectivity index (χ0v) is 22.9. The number of rotatable bonds is 7. The third-order valence-electron chi connectivity index (χ3n) is 8.62. The van der Waals surface area contributed by atoms with Crippen LogP contribution in [0.4, 0.5) is 11.8 Å². The molecule has 1 aliphatic carbocycles. The van der Waals surface area contributed by atoms with Gasteiger partial charge in [-0.25, -0.2) is 4.98 Å². The first-order chi connectivity index (χ1) is 17.9. The Hall–Kier alpha value is -2.42. The van der Waals surface area contributed by atoms with Gasteiger partial charge in [-0.2, -0.15) is 4.98 Å². The summed E-state index contributed by atoms with van der Waals surface area (Å²) in [5, 5.41) is 16.7. The molecule has 2 aliphatic heterocycles. The van der Waals surface area contributed by atoms with Crippen LogP contribution in [0.2, 0.25) is 5.02 Å². The first kappa shape index (κ1) is 24.9. The smallest absolute Gasteiger partial charge is 0.306 e. The van der Waals surface area contributed by atoms with Crippen molar-refractivity contribution < 1.29 is 9.90 Å². The molecule has 0 spiro atoms. The Bertz CT molecular complexity index is 1300. The van der Waals surface area contributed by atoms with Crippen molar-refractivity contribution in [2.24, 2.45) is 17.8 Å². The van der Waals surface area contributed by atoms with E-state index in [2.05, 4.69) is 45.6 Å². The van der Waals surface area contributed by atoms with Crippen LogP contribution in [-0.4, -0.2) is 58.2 Å². The van der Waals surface area contributed by atoms with Gasteiger partial charge in [-0.3, -0.25) is 4.79 Å². The third-order valence-corrected chi connectivity index (χ3v) is 9.75. The van der Waals surface area contributed by atoms with E-state index in [0.29, 0.717) is 17.9 Å². The van der Waals surface area contributed by atoms with E-state index in [1.807, 2.05) is 13.0 Å². The summed E-state index contributed by atoms with van der Waals surface area (Å²) in [6, 6.07) is 8.74. The molecule has 0 amide bonds. The molecule has 1 aromatic carbocycles. The van der Waals surface area contributed by atoms with Gasteiger partial charge in [0.1, 0.15) is 10.6 Å². The number of hydrogen-bond acceptors (Lipinski definition) is 7. The van der Waals surface area contributed by atoms with Gasteiger partial charge in [-0.15, -0.1) is 11.3 Å². The Morgan fingerprint density at radius 2 is 2.00 bits per heavy atom. The van der Waals surface area contributed by atoms with Gasteiger partial charge in [0.25, 0.3) is 0 Å². The van der Waals surface area contributed by atoms with Gasteiger partial charge in [0, 0.05) is 30.7 Å². The number of nitrogens with one attached hydrogen (secondary N) is 1. The van der Waals surface area contributed by atoms with Gasteiger partial charge < -0.3 is 20.2 Å². The number of carboxylic acid groups (broad SMARTS) is 1. The van der Waals surface area contributed by atoms with Crippen LogP contribution in [0.1, 0.15) is 49.8 Å². The van der Waals surface area contributed by atoms with E-state index in [1.165, 1.54) is 12.8 Å². The molecule has 4 heterocycles. The van der Waals surface area contributed by atoms with Crippen molar-refractivity contribution in [2.75, 3.05) is 36.4 Å².